The molecule has 94 valence electrons. The summed E-state index contributed by atoms with van der Waals surface area (Å²) in [5.74, 6) is -0.175. The van der Waals surface area contributed by atoms with Gasteiger partial charge in [-0.3, -0.25) is 0 Å². The van der Waals surface area contributed by atoms with E-state index >= 15 is 0 Å². The van der Waals surface area contributed by atoms with Gasteiger partial charge in [-0.1, -0.05) is 12.1 Å². The molecule has 0 fully saturated rings. The Morgan fingerprint density at radius 2 is 2.35 bits per heavy atom. The number of fused-ring (bicyclic) bond motifs is 1. The SMILES string of the molecule is COCCNC1(CO)CCc2c(F)cccc21. The second kappa shape index (κ2) is 5.12. The van der Waals surface area contributed by atoms with Crippen molar-refractivity contribution >= 4 is 0 Å². The Bertz CT molecular complexity index is 397. The van der Waals surface area contributed by atoms with E-state index in [1.54, 1.807) is 13.2 Å². The third-order valence-corrected chi connectivity index (χ3v) is 3.48. The molecule has 0 bridgehead atoms. The predicted molar refractivity (Wildman–Crippen MR) is 63.4 cm³/mol. The average molecular weight is 239 g/mol. The normalized spacial score (nSPS) is 22.8. The topological polar surface area (TPSA) is 41.5 Å². The van der Waals surface area contributed by atoms with Crippen LogP contribution in [0.25, 0.3) is 0 Å². The fourth-order valence-corrected chi connectivity index (χ4v) is 2.53. The van der Waals surface area contributed by atoms with E-state index in [1.165, 1.54) is 6.07 Å². The van der Waals surface area contributed by atoms with Gasteiger partial charge in [0.2, 0.25) is 0 Å². The minimum absolute atomic E-state index is 0.0207. The van der Waals surface area contributed by atoms with Crippen molar-refractivity contribution < 1.29 is 14.2 Å². The minimum Gasteiger partial charge on any atom is -0.394 e. The summed E-state index contributed by atoms with van der Waals surface area (Å²) >= 11 is 0. The zero-order valence-corrected chi connectivity index (χ0v) is 10.0. The lowest BCUT2D eigenvalue weighted by Crippen LogP contribution is -2.45. The van der Waals surface area contributed by atoms with E-state index in [1.807, 2.05) is 6.07 Å². The molecule has 3 nitrogen and oxygen atoms in total. The van der Waals surface area contributed by atoms with Gasteiger partial charge in [0.15, 0.2) is 0 Å². The fraction of sp³-hybridized carbons (Fsp3) is 0.538. The van der Waals surface area contributed by atoms with Crippen molar-refractivity contribution in [1.29, 1.82) is 0 Å². The number of aliphatic hydroxyl groups is 1. The third-order valence-electron chi connectivity index (χ3n) is 3.48. The van der Waals surface area contributed by atoms with Crippen LogP contribution in [0.3, 0.4) is 0 Å². The first-order valence-electron chi connectivity index (χ1n) is 5.86. The van der Waals surface area contributed by atoms with Crippen molar-refractivity contribution in [3.8, 4) is 0 Å². The number of benzene rings is 1. The van der Waals surface area contributed by atoms with Crippen LogP contribution >= 0.6 is 0 Å². The molecule has 1 aromatic carbocycles. The van der Waals surface area contributed by atoms with Gasteiger partial charge in [0.25, 0.3) is 0 Å². The van der Waals surface area contributed by atoms with Crippen molar-refractivity contribution in [2.75, 3.05) is 26.9 Å². The zero-order valence-electron chi connectivity index (χ0n) is 10.0. The summed E-state index contributed by atoms with van der Waals surface area (Å²) in [5, 5.41) is 12.9. The number of hydrogen-bond donors (Lipinski definition) is 2. The monoisotopic (exact) mass is 239 g/mol. The highest BCUT2D eigenvalue weighted by molar-refractivity contribution is 5.39. The predicted octanol–water partition coefficient (Wildman–Crippen LogP) is 1.20. The van der Waals surface area contributed by atoms with Crippen LogP contribution in [-0.4, -0.2) is 32.0 Å². The molecule has 0 amide bonds. The molecule has 17 heavy (non-hydrogen) atoms. The maximum absolute atomic E-state index is 13.6. The van der Waals surface area contributed by atoms with Crippen LogP contribution in [0.2, 0.25) is 0 Å². The summed E-state index contributed by atoms with van der Waals surface area (Å²) in [6.07, 6.45) is 1.39. The Kier molecular flexibility index (Phi) is 3.76. The van der Waals surface area contributed by atoms with E-state index < -0.39 is 5.54 Å². The van der Waals surface area contributed by atoms with Gasteiger partial charge in [-0.25, -0.2) is 4.39 Å². The second-order valence-corrected chi connectivity index (χ2v) is 4.43. The molecule has 2 N–H and O–H groups in total. The van der Waals surface area contributed by atoms with Gasteiger partial charge in [0, 0.05) is 13.7 Å². The van der Waals surface area contributed by atoms with Crippen LogP contribution in [-0.2, 0) is 16.7 Å². The zero-order chi connectivity index (χ0) is 12.3. The molecular weight excluding hydrogens is 221 g/mol. The van der Waals surface area contributed by atoms with Crippen LogP contribution in [0.1, 0.15) is 17.5 Å². The third kappa shape index (κ3) is 2.20. The first-order chi connectivity index (χ1) is 8.23. The lowest BCUT2D eigenvalue weighted by atomic mass is 9.92. The largest absolute Gasteiger partial charge is 0.394 e. The quantitative estimate of drug-likeness (QED) is 0.759. The summed E-state index contributed by atoms with van der Waals surface area (Å²) in [4.78, 5) is 0. The van der Waals surface area contributed by atoms with Gasteiger partial charge < -0.3 is 15.2 Å². The summed E-state index contributed by atoms with van der Waals surface area (Å²) in [6, 6.07) is 5.06. The maximum atomic E-state index is 13.6. The second-order valence-electron chi connectivity index (χ2n) is 4.43. The number of methoxy groups -OCH3 is 1. The maximum Gasteiger partial charge on any atom is 0.126 e. The summed E-state index contributed by atoms with van der Waals surface area (Å²) in [7, 11) is 1.63. The molecular formula is C13H18FNO2. The number of ether oxygens (including phenoxy) is 1. The molecule has 0 heterocycles. The number of hydrogen-bond acceptors (Lipinski definition) is 3. The Morgan fingerprint density at radius 1 is 1.53 bits per heavy atom. The smallest absolute Gasteiger partial charge is 0.126 e. The van der Waals surface area contributed by atoms with Crippen LogP contribution in [0.4, 0.5) is 4.39 Å². The van der Waals surface area contributed by atoms with Crippen LogP contribution in [0.15, 0.2) is 18.2 Å². The van der Waals surface area contributed by atoms with Gasteiger partial charge in [-0.15, -0.1) is 0 Å². The van der Waals surface area contributed by atoms with Crippen LogP contribution in [0, 0.1) is 5.82 Å². The van der Waals surface area contributed by atoms with Crippen molar-refractivity contribution in [2.24, 2.45) is 0 Å². The van der Waals surface area contributed by atoms with Crippen molar-refractivity contribution in [1.82, 2.24) is 5.32 Å². The standard InChI is InChI=1S/C13H18FNO2/c1-17-8-7-15-13(9-16)6-5-10-11(13)3-2-4-12(10)14/h2-4,15-16H,5-9H2,1H3. The van der Waals surface area contributed by atoms with Gasteiger partial charge in [-0.05, 0) is 30.0 Å². The molecule has 2 rings (SSSR count). The number of nitrogens with one attached hydrogen (secondary N) is 1. The van der Waals surface area contributed by atoms with Crippen LogP contribution < -0.4 is 5.32 Å². The van der Waals surface area contributed by atoms with Crippen molar-refractivity contribution in [3.05, 3.63) is 35.1 Å². The fourth-order valence-electron chi connectivity index (χ4n) is 2.53. The molecule has 0 aliphatic heterocycles. The van der Waals surface area contributed by atoms with Crippen molar-refractivity contribution in [2.45, 2.75) is 18.4 Å². The van der Waals surface area contributed by atoms with E-state index in [0.717, 1.165) is 17.5 Å². The highest BCUT2D eigenvalue weighted by Gasteiger charge is 2.38. The molecule has 0 aromatic heterocycles. The minimum atomic E-state index is -0.504. The van der Waals surface area contributed by atoms with Gasteiger partial charge in [-0.2, -0.15) is 0 Å². The highest BCUT2D eigenvalue weighted by Crippen LogP contribution is 2.37. The molecule has 1 atom stereocenters. The van der Waals surface area contributed by atoms with Gasteiger partial charge in [0.1, 0.15) is 5.82 Å². The Balaban J connectivity index is 2.24. The number of aliphatic hydroxyl groups excluding tert-OH is 1. The summed E-state index contributed by atoms with van der Waals surface area (Å²) in [5.41, 5.74) is 1.11. The summed E-state index contributed by atoms with van der Waals surface area (Å²) < 4.78 is 18.6. The summed E-state index contributed by atoms with van der Waals surface area (Å²) in [6.45, 7) is 1.20. The van der Waals surface area contributed by atoms with E-state index in [9.17, 15) is 9.50 Å². The lowest BCUT2D eigenvalue weighted by Gasteiger charge is -2.29. The Labute approximate surface area is 101 Å². The first-order valence-corrected chi connectivity index (χ1v) is 5.86. The van der Waals surface area contributed by atoms with E-state index in [0.29, 0.717) is 19.6 Å². The van der Waals surface area contributed by atoms with E-state index in [2.05, 4.69) is 5.32 Å². The van der Waals surface area contributed by atoms with E-state index in [4.69, 9.17) is 4.74 Å². The number of rotatable bonds is 5. The van der Waals surface area contributed by atoms with Gasteiger partial charge in [0.05, 0.1) is 18.8 Å². The molecule has 0 saturated carbocycles. The van der Waals surface area contributed by atoms with Gasteiger partial charge >= 0.3 is 0 Å². The molecule has 0 spiro atoms. The van der Waals surface area contributed by atoms with Crippen molar-refractivity contribution in [3.63, 3.8) is 0 Å². The average Bonchev–Trinajstić information content (AvgIpc) is 2.71. The Hall–Kier alpha value is -0.970. The Morgan fingerprint density at radius 3 is 3.06 bits per heavy atom. The molecule has 4 heteroatoms. The molecule has 0 saturated heterocycles. The molecule has 1 unspecified atom stereocenters. The lowest BCUT2D eigenvalue weighted by molar-refractivity contribution is 0.137. The van der Waals surface area contributed by atoms with E-state index in [-0.39, 0.29) is 12.4 Å². The first kappa shape index (κ1) is 12.5. The van der Waals surface area contributed by atoms with Crippen LogP contribution in [0.5, 0.6) is 0 Å². The molecule has 1 aliphatic carbocycles. The molecule has 0 radical (unpaired) electrons. The molecule has 1 aliphatic rings. The number of halogens is 1. The molecule has 1 aromatic rings. The highest BCUT2D eigenvalue weighted by atomic mass is 19.1.